The summed E-state index contributed by atoms with van der Waals surface area (Å²) in [5.41, 5.74) is 0.268. The molecule has 0 bridgehead atoms. The fourth-order valence-electron chi connectivity index (χ4n) is 4.07. The van der Waals surface area contributed by atoms with E-state index in [-0.39, 0.29) is 5.41 Å². The van der Waals surface area contributed by atoms with Crippen molar-refractivity contribution in [2.75, 3.05) is 68.5 Å². The summed E-state index contributed by atoms with van der Waals surface area (Å²) in [5, 5.41) is 0. The summed E-state index contributed by atoms with van der Waals surface area (Å²) in [6.45, 7) is 11.0. The van der Waals surface area contributed by atoms with Crippen molar-refractivity contribution in [3.05, 3.63) is 0 Å². The van der Waals surface area contributed by atoms with Gasteiger partial charge in [-0.1, -0.05) is 13.8 Å². The predicted octanol–water partition coefficient (Wildman–Crippen LogP) is 2.68. The van der Waals surface area contributed by atoms with E-state index in [0.717, 1.165) is 26.2 Å². The molecule has 0 saturated heterocycles. The van der Waals surface area contributed by atoms with E-state index in [1.54, 1.807) is 0 Å². The van der Waals surface area contributed by atoms with Gasteiger partial charge in [-0.3, -0.25) is 0 Å². The van der Waals surface area contributed by atoms with Gasteiger partial charge in [-0.05, 0) is 67.3 Å². The van der Waals surface area contributed by atoms with Crippen molar-refractivity contribution < 1.29 is 4.43 Å². The molecule has 0 N–H and O–H groups in total. The zero-order valence-corrected chi connectivity index (χ0v) is 17.7. The first-order chi connectivity index (χ1) is 10.1. The van der Waals surface area contributed by atoms with Crippen LogP contribution in [0.5, 0.6) is 0 Å². The van der Waals surface area contributed by atoms with Crippen molar-refractivity contribution in [3.8, 4) is 0 Å². The summed E-state index contributed by atoms with van der Waals surface area (Å²) >= 11 is 0. The van der Waals surface area contributed by atoms with E-state index in [1.165, 1.54) is 18.1 Å². The molecule has 22 heavy (non-hydrogen) atoms. The lowest BCUT2D eigenvalue weighted by atomic mass is 9.88. The van der Waals surface area contributed by atoms with Crippen LogP contribution in [0.2, 0.25) is 18.1 Å². The number of hydrogen-bond acceptors (Lipinski definition) is 4. The molecule has 0 aliphatic rings. The molecular formula is C17H41N3OSi. The highest BCUT2D eigenvalue weighted by Crippen LogP contribution is 2.36. The van der Waals surface area contributed by atoms with Crippen LogP contribution in [0.4, 0.5) is 0 Å². The smallest absolute Gasteiger partial charge is 0.192 e. The largest absolute Gasteiger partial charge is 0.417 e. The lowest BCUT2D eigenvalue weighted by Crippen LogP contribution is -2.54. The molecule has 0 amide bonds. The zero-order chi connectivity index (χ0) is 17.4. The third-order valence-corrected chi connectivity index (χ3v) is 9.26. The number of nitrogens with zero attached hydrogens (tertiary/aromatic N) is 3. The minimum absolute atomic E-state index is 0.268. The van der Waals surface area contributed by atoms with Crippen molar-refractivity contribution in [2.45, 2.75) is 38.9 Å². The van der Waals surface area contributed by atoms with Gasteiger partial charge >= 0.3 is 0 Å². The third kappa shape index (κ3) is 7.55. The SMILES string of the molecule is CCO[Si](CC)(CC)CC(CN(C)C)(CN(C)C)CN(C)C. The van der Waals surface area contributed by atoms with Gasteiger partial charge in [0.05, 0.1) is 0 Å². The van der Waals surface area contributed by atoms with Gasteiger partial charge in [-0.15, -0.1) is 0 Å². The molecule has 0 radical (unpaired) electrons. The van der Waals surface area contributed by atoms with Crippen molar-refractivity contribution >= 4 is 8.32 Å². The Morgan fingerprint density at radius 2 is 1.09 bits per heavy atom. The van der Waals surface area contributed by atoms with Crippen LogP contribution in [0.15, 0.2) is 0 Å². The molecule has 0 atom stereocenters. The van der Waals surface area contributed by atoms with Crippen LogP contribution in [0, 0.1) is 5.41 Å². The average Bonchev–Trinajstić information content (AvgIpc) is 2.35. The quantitative estimate of drug-likeness (QED) is 0.512. The molecule has 0 aromatic rings. The van der Waals surface area contributed by atoms with E-state index in [9.17, 15) is 0 Å². The Morgan fingerprint density at radius 1 is 0.727 bits per heavy atom. The molecule has 0 unspecified atom stereocenters. The van der Waals surface area contributed by atoms with Crippen molar-refractivity contribution in [1.82, 2.24) is 14.7 Å². The van der Waals surface area contributed by atoms with Crippen molar-refractivity contribution in [1.29, 1.82) is 0 Å². The number of rotatable bonds is 12. The van der Waals surface area contributed by atoms with Crippen LogP contribution in [0.3, 0.4) is 0 Å². The van der Waals surface area contributed by atoms with Gasteiger partial charge in [-0.2, -0.15) is 0 Å². The molecule has 0 rings (SSSR count). The Kier molecular flexibility index (Phi) is 10.1. The lowest BCUT2D eigenvalue weighted by molar-refractivity contribution is 0.115. The van der Waals surface area contributed by atoms with Crippen LogP contribution in [0.1, 0.15) is 20.8 Å². The summed E-state index contributed by atoms with van der Waals surface area (Å²) in [4.78, 5) is 7.05. The second-order valence-corrected chi connectivity index (χ2v) is 12.1. The van der Waals surface area contributed by atoms with E-state index >= 15 is 0 Å². The maximum absolute atomic E-state index is 6.41. The van der Waals surface area contributed by atoms with Gasteiger partial charge in [0.15, 0.2) is 8.32 Å². The summed E-state index contributed by atoms with van der Waals surface area (Å²) in [6, 6.07) is 3.68. The van der Waals surface area contributed by atoms with Crippen LogP contribution in [-0.4, -0.2) is 91.5 Å². The third-order valence-electron chi connectivity index (χ3n) is 4.39. The molecule has 0 aliphatic heterocycles. The van der Waals surface area contributed by atoms with Crippen molar-refractivity contribution in [3.63, 3.8) is 0 Å². The summed E-state index contributed by atoms with van der Waals surface area (Å²) in [5.74, 6) is 0. The van der Waals surface area contributed by atoms with E-state index < -0.39 is 8.32 Å². The molecule has 0 aliphatic carbocycles. The highest BCUT2D eigenvalue weighted by atomic mass is 28.4. The zero-order valence-electron chi connectivity index (χ0n) is 16.7. The second kappa shape index (κ2) is 10.0. The molecular weight excluding hydrogens is 290 g/mol. The average molecular weight is 332 g/mol. The van der Waals surface area contributed by atoms with Gasteiger partial charge in [-0.25, -0.2) is 0 Å². The van der Waals surface area contributed by atoms with E-state index in [1.807, 2.05) is 0 Å². The fourth-order valence-corrected chi connectivity index (χ4v) is 7.90. The molecule has 0 heterocycles. The van der Waals surface area contributed by atoms with Crippen LogP contribution >= 0.6 is 0 Å². The first-order valence-corrected chi connectivity index (χ1v) is 11.3. The Bertz CT molecular complexity index is 265. The van der Waals surface area contributed by atoms with Crippen molar-refractivity contribution in [2.24, 2.45) is 5.41 Å². The highest BCUT2D eigenvalue weighted by Gasteiger charge is 2.43. The summed E-state index contributed by atoms with van der Waals surface area (Å²) in [6.07, 6.45) is 0. The first-order valence-electron chi connectivity index (χ1n) is 8.72. The first kappa shape index (κ1) is 22.1. The Morgan fingerprint density at radius 3 is 1.32 bits per heavy atom. The minimum Gasteiger partial charge on any atom is -0.417 e. The number of hydrogen-bond donors (Lipinski definition) is 0. The molecule has 0 spiro atoms. The molecule has 0 aromatic heterocycles. The Hall–Kier alpha value is 0.0569. The monoisotopic (exact) mass is 331 g/mol. The molecule has 134 valence electrons. The Labute approximate surface area is 140 Å². The van der Waals surface area contributed by atoms with Crippen LogP contribution < -0.4 is 0 Å². The van der Waals surface area contributed by atoms with E-state index in [2.05, 4.69) is 77.8 Å². The van der Waals surface area contributed by atoms with Gasteiger partial charge in [0.1, 0.15) is 0 Å². The Balaban J connectivity index is 5.56. The summed E-state index contributed by atoms with van der Waals surface area (Å²) in [7, 11) is 11.5. The summed E-state index contributed by atoms with van der Waals surface area (Å²) < 4.78 is 6.41. The topological polar surface area (TPSA) is 19.0 Å². The highest BCUT2D eigenvalue weighted by molar-refractivity contribution is 6.73. The molecule has 0 aromatic carbocycles. The fraction of sp³-hybridized carbons (Fsp3) is 1.00. The predicted molar refractivity (Wildman–Crippen MR) is 101 cm³/mol. The maximum Gasteiger partial charge on any atom is 0.192 e. The van der Waals surface area contributed by atoms with Crippen LogP contribution in [-0.2, 0) is 4.43 Å². The van der Waals surface area contributed by atoms with Gasteiger partial charge < -0.3 is 19.1 Å². The minimum atomic E-state index is -1.66. The lowest BCUT2D eigenvalue weighted by Gasteiger charge is -2.45. The van der Waals surface area contributed by atoms with E-state index in [0.29, 0.717) is 0 Å². The second-order valence-electron chi connectivity index (χ2n) is 7.71. The van der Waals surface area contributed by atoms with Gasteiger partial charge in [0.2, 0.25) is 0 Å². The normalized spacial score (nSPS) is 13.6. The molecule has 4 nitrogen and oxygen atoms in total. The van der Waals surface area contributed by atoms with Gasteiger partial charge in [0, 0.05) is 31.7 Å². The molecule has 0 saturated carbocycles. The van der Waals surface area contributed by atoms with Gasteiger partial charge in [0.25, 0.3) is 0 Å². The van der Waals surface area contributed by atoms with Crippen LogP contribution in [0.25, 0.3) is 0 Å². The molecule has 5 heteroatoms. The molecule has 0 fully saturated rings. The standard InChI is InChI=1S/C17H41N3OSi/c1-10-21-22(11-2,12-3)16-17(13-18(4)5,14-19(6)7)15-20(8)9/h10-16H2,1-9H3. The maximum atomic E-state index is 6.41. The van der Waals surface area contributed by atoms with E-state index in [4.69, 9.17) is 4.43 Å².